The number of esters is 1. The number of aliphatic imine (C=N–C) groups is 1. The summed E-state index contributed by atoms with van der Waals surface area (Å²) in [6, 6.07) is 12.9. The van der Waals surface area contributed by atoms with Gasteiger partial charge in [-0.3, -0.25) is 19.3 Å². The van der Waals surface area contributed by atoms with E-state index in [1.165, 1.54) is 19.1 Å². The first-order chi connectivity index (χ1) is 22.4. The van der Waals surface area contributed by atoms with E-state index < -0.39 is 79.5 Å². The summed E-state index contributed by atoms with van der Waals surface area (Å²) in [5.74, 6) is -10.2. The fourth-order valence-corrected chi connectivity index (χ4v) is 5.64. The van der Waals surface area contributed by atoms with E-state index in [0.717, 1.165) is 11.2 Å². The van der Waals surface area contributed by atoms with E-state index >= 15 is 0 Å². The minimum Gasteiger partial charge on any atom is -0.485 e. The van der Waals surface area contributed by atoms with Crippen molar-refractivity contribution < 1.29 is 50.3 Å². The van der Waals surface area contributed by atoms with Crippen LogP contribution in [0.15, 0.2) is 64.3 Å². The number of carbonyl (C=O) groups excluding carboxylic acids is 3. The van der Waals surface area contributed by atoms with Gasteiger partial charge in [-0.2, -0.15) is 13.2 Å². The second-order valence-electron chi connectivity index (χ2n) is 12.6. The van der Waals surface area contributed by atoms with Gasteiger partial charge < -0.3 is 19.3 Å². The van der Waals surface area contributed by atoms with Crippen LogP contribution in [0.5, 0.6) is 5.75 Å². The Bertz CT molecular complexity index is 1720. The van der Waals surface area contributed by atoms with Gasteiger partial charge >= 0.3 is 12.1 Å². The largest absolute Gasteiger partial charge is 0.485 e. The van der Waals surface area contributed by atoms with Crippen molar-refractivity contribution in [2.75, 3.05) is 18.1 Å². The number of carbonyl (C=O) groups is 3. The summed E-state index contributed by atoms with van der Waals surface area (Å²) in [7, 11) is 0. The number of aryl methyl sites for hydroxylation is 1. The summed E-state index contributed by atoms with van der Waals surface area (Å²) in [5, 5.41) is 6.11. The lowest BCUT2D eigenvalue weighted by atomic mass is 9.82. The monoisotopic (exact) mass is 676 g/mol. The number of hydrogen-bond acceptors (Lipinski definition) is 8. The molecule has 256 valence electrons. The van der Waals surface area contributed by atoms with Crippen molar-refractivity contribution in [3.8, 4) is 5.75 Å². The second kappa shape index (κ2) is 13.0. The standard InChI is InChI=1S/C33H33F5N4O6/c1-18-22(15-47-41-18)24(30(45)48-31(2,3)4)20(13-14-33(36,37)38)28(43)40-27-29(44)42-16-32(34,35)17-46-23-12-8-11-21(26(23)42)25(39-27)19-9-6-5-7-10-19/h5-12,15,20,24,27H,13-14,16-17H2,1-4H3,(H,40,43)/t20-,24-,27-/m1/s1. The van der Waals surface area contributed by atoms with E-state index in [0.29, 0.717) is 5.56 Å². The zero-order valence-electron chi connectivity index (χ0n) is 26.4. The van der Waals surface area contributed by atoms with Crippen LogP contribution in [0.4, 0.5) is 27.6 Å². The number of rotatable bonds is 8. The molecule has 3 atom stereocenters. The molecular formula is C33H33F5N4O6. The zero-order chi connectivity index (χ0) is 35.0. The van der Waals surface area contributed by atoms with Gasteiger partial charge in [-0.1, -0.05) is 47.6 Å². The molecule has 2 aromatic carbocycles. The molecule has 3 aromatic rings. The average Bonchev–Trinajstić information content (AvgIpc) is 3.30. The number of alkyl halides is 5. The van der Waals surface area contributed by atoms with Crippen LogP contribution in [0.3, 0.4) is 0 Å². The highest BCUT2D eigenvalue weighted by Crippen LogP contribution is 2.41. The lowest BCUT2D eigenvalue weighted by Crippen LogP contribution is -2.52. The van der Waals surface area contributed by atoms with Gasteiger partial charge in [0.25, 0.3) is 11.8 Å². The molecule has 0 spiro atoms. The Balaban J connectivity index is 1.62. The van der Waals surface area contributed by atoms with Gasteiger partial charge in [0.1, 0.15) is 17.6 Å². The first-order valence-corrected chi connectivity index (χ1v) is 15.0. The van der Waals surface area contributed by atoms with Crippen molar-refractivity contribution in [1.29, 1.82) is 0 Å². The maximum atomic E-state index is 15.0. The van der Waals surface area contributed by atoms with Crippen LogP contribution in [0.2, 0.25) is 0 Å². The molecule has 5 rings (SSSR count). The molecule has 1 aromatic heterocycles. The Morgan fingerprint density at radius 3 is 2.44 bits per heavy atom. The molecular weight excluding hydrogens is 643 g/mol. The molecule has 3 heterocycles. The molecule has 0 bridgehead atoms. The number of halogens is 5. The topological polar surface area (TPSA) is 123 Å². The number of ether oxygens (including phenoxy) is 2. The van der Waals surface area contributed by atoms with Gasteiger partial charge in [-0.05, 0) is 40.2 Å². The van der Waals surface area contributed by atoms with Gasteiger partial charge in [0.05, 0.1) is 35.5 Å². The Labute approximate surface area is 272 Å². The van der Waals surface area contributed by atoms with Crippen molar-refractivity contribution >= 4 is 29.2 Å². The molecule has 0 saturated carbocycles. The number of anilines is 1. The molecule has 0 saturated heterocycles. The first-order valence-electron chi connectivity index (χ1n) is 15.0. The summed E-state index contributed by atoms with van der Waals surface area (Å²) in [6.07, 6.45) is -7.96. The molecule has 2 aliphatic rings. The number of hydrogen-bond donors (Lipinski definition) is 1. The summed E-state index contributed by atoms with van der Waals surface area (Å²) in [6.45, 7) is 3.92. The average molecular weight is 677 g/mol. The number of para-hydroxylation sites is 1. The van der Waals surface area contributed by atoms with E-state index in [1.54, 1.807) is 57.2 Å². The van der Waals surface area contributed by atoms with Crippen LogP contribution in [-0.2, 0) is 19.1 Å². The zero-order valence-corrected chi connectivity index (χ0v) is 26.4. The second-order valence-corrected chi connectivity index (χ2v) is 12.6. The predicted octanol–water partition coefficient (Wildman–Crippen LogP) is 5.72. The predicted molar refractivity (Wildman–Crippen MR) is 162 cm³/mol. The number of benzene rings is 2. The van der Waals surface area contributed by atoms with E-state index in [4.69, 9.17) is 14.0 Å². The Hall–Kier alpha value is -4.82. The third-order valence-corrected chi connectivity index (χ3v) is 7.70. The summed E-state index contributed by atoms with van der Waals surface area (Å²) in [5.41, 5.74) is -0.125. The highest BCUT2D eigenvalue weighted by molar-refractivity contribution is 6.21. The number of nitrogens with zero attached hydrogens (tertiary/aromatic N) is 3. The third kappa shape index (κ3) is 7.66. The fourth-order valence-electron chi connectivity index (χ4n) is 5.64. The molecule has 0 fully saturated rings. The molecule has 0 unspecified atom stereocenters. The quantitative estimate of drug-likeness (QED) is 0.239. The maximum Gasteiger partial charge on any atom is 0.389 e. The number of aromatic nitrogens is 1. The van der Waals surface area contributed by atoms with E-state index in [9.17, 15) is 36.3 Å². The van der Waals surface area contributed by atoms with Crippen molar-refractivity contribution in [3.63, 3.8) is 0 Å². The van der Waals surface area contributed by atoms with E-state index in [1.807, 2.05) is 0 Å². The summed E-state index contributed by atoms with van der Waals surface area (Å²) < 4.78 is 86.7. The lowest BCUT2D eigenvalue weighted by molar-refractivity contribution is -0.162. The van der Waals surface area contributed by atoms with E-state index in [2.05, 4.69) is 15.5 Å². The van der Waals surface area contributed by atoms with Gasteiger partial charge in [-0.25, -0.2) is 13.8 Å². The highest BCUT2D eigenvalue weighted by Gasteiger charge is 2.46. The van der Waals surface area contributed by atoms with Crippen molar-refractivity contribution in [1.82, 2.24) is 10.5 Å². The smallest absolute Gasteiger partial charge is 0.389 e. The van der Waals surface area contributed by atoms with Crippen LogP contribution in [-0.4, -0.2) is 65.7 Å². The molecule has 2 amide bonds. The SMILES string of the molecule is Cc1nocc1[C@H](C(=O)OC(C)(C)C)[C@@H](CCC(F)(F)F)C(=O)N[C@H]1N=C(c2ccccc2)c2cccc3c2N(CC(F)(F)CO3)C1=O. The number of amides is 2. The van der Waals surface area contributed by atoms with E-state index in [-0.39, 0.29) is 34.0 Å². The van der Waals surface area contributed by atoms with Crippen molar-refractivity contribution in [3.05, 3.63) is 77.2 Å². The van der Waals surface area contributed by atoms with Gasteiger partial charge in [0, 0.05) is 23.1 Å². The first kappa shape index (κ1) is 34.5. The van der Waals surface area contributed by atoms with Crippen LogP contribution in [0.1, 0.15) is 61.9 Å². The molecule has 15 heteroatoms. The normalized spacial score (nSPS) is 18.8. The Morgan fingerprint density at radius 1 is 1.10 bits per heavy atom. The van der Waals surface area contributed by atoms with Gasteiger partial charge in [0.15, 0.2) is 6.61 Å². The minimum atomic E-state index is -4.73. The molecule has 2 aliphatic heterocycles. The highest BCUT2D eigenvalue weighted by atomic mass is 19.4. The summed E-state index contributed by atoms with van der Waals surface area (Å²) >= 11 is 0. The maximum absolute atomic E-state index is 15.0. The van der Waals surface area contributed by atoms with Crippen molar-refractivity contribution in [2.24, 2.45) is 10.9 Å². The van der Waals surface area contributed by atoms with Gasteiger partial charge in [0.2, 0.25) is 12.1 Å². The van der Waals surface area contributed by atoms with Crippen LogP contribution in [0, 0.1) is 12.8 Å². The summed E-state index contributed by atoms with van der Waals surface area (Å²) in [4.78, 5) is 47.1. The molecule has 48 heavy (non-hydrogen) atoms. The number of nitrogens with one attached hydrogen (secondary N) is 1. The van der Waals surface area contributed by atoms with Crippen molar-refractivity contribution in [2.45, 2.75) is 70.3 Å². The Morgan fingerprint density at radius 2 is 1.81 bits per heavy atom. The van der Waals surface area contributed by atoms with Crippen LogP contribution in [0.25, 0.3) is 0 Å². The molecule has 10 nitrogen and oxygen atoms in total. The van der Waals surface area contributed by atoms with Crippen LogP contribution < -0.4 is 15.0 Å². The van der Waals surface area contributed by atoms with Gasteiger partial charge in [-0.15, -0.1) is 0 Å². The minimum absolute atomic E-state index is 0.000578. The lowest BCUT2D eigenvalue weighted by Gasteiger charge is -2.30. The fraction of sp³-hybridized carbons (Fsp3) is 0.424. The third-order valence-electron chi connectivity index (χ3n) is 7.70. The molecule has 0 aliphatic carbocycles. The molecule has 1 N–H and O–H groups in total. The Kier molecular flexibility index (Phi) is 9.35. The van der Waals surface area contributed by atoms with Crippen LogP contribution >= 0.6 is 0 Å². The molecule has 0 radical (unpaired) electrons.